The highest BCUT2D eigenvalue weighted by molar-refractivity contribution is 6.09. The lowest BCUT2D eigenvalue weighted by molar-refractivity contribution is -0.384. The zero-order chi connectivity index (χ0) is 20.1. The minimum atomic E-state index is -0.551. The van der Waals surface area contributed by atoms with Gasteiger partial charge in [0.2, 0.25) is 0 Å². The maximum absolute atomic E-state index is 12.4. The third-order valence-corrected chi connectivity index (χ3v) is 4.01. The van der Waals surface area contributed by atoms with Gasteiger partial charge in [0.25, 0.3) is 11.6 Å². The van der Waals surface area contributed by atoms with Gasteiger partial charge in [-0.2, -0.15) is 5.26 Å². The molecule has 0 radical (unpaired) electrons. The van der Waals surface area contributed by atoms with Gasteiger partial charge in [0.1, 0.15) is 23.2 Å². The van der Waals surface area contributed by atoms with Crippen molar-refractivity contribution in [3.05, 3.63) is 87.7 Å². The average molecular weight is 373 g/mol. The topological polar surface area (TPSA) is 109 Å². The van der Waals surface area contributed by atoms with Crippen LogP contribution in [0.25, 0.3) is 17.4 Å². The van der Waals surface area contributed by atoms with Crippen LogP contribution in [0, 0.1) is 28.4 Å². The largest absolute Gasteiger partial charge is 0.457 e. The Kier molecular flexibility index (Phi) is 5.33. The number of carbonyl (C=O) groups excluding carboxylic acids is 1. The summed E-state index contributed by atoms with van der Waals surface area (Å²) in [6.07, 6.45) is 1.33. The summed E-state index contributed by atoms with van der Waals surface area (Å²) in [7, 11) is 0. The predicted molar refractivity (Wildman–Crippen MR) is 104 cm³/mol. The third-order valence-electron chi connectivity index (χ3n) is 4.01. The lowest BCUT2D eigenvalue weighted by atomic mass is 10.1. The molecule has 3 aromatic rings. The fraction of sp³-hybridized carbons (Fsp3) is 0.0476. The van der Waals surface area contributed by atoms with Crippen LogP contribution in [0.1, 0.15) is 11.3 Å². The Bertz CT molecular complexity index is 1120. The normalized spacial score (nSPS) is 10.9. The molecule has 1 aromatic heterocycles. The molecule has 28 heavy (non-hydrogen) atoms. The number of furan rings is 1. The van der Waals surface area contributed by atoms with Crippen LogP contribution in [-0.4, -0.2) is 10.8 Å². The molecule has 0 saturated heterocycles. The van der Waals surface area contributed by atoms with Crippen molar-refractivity contribution in [1.82, 2.24) is 0 Å². The molecule has 1 amide bonds. The molecule has 2 aromatic carbocycles. The first-order valence-corrected chi connectivity index (χ1v) is 8.31. The number of para-hydroxylation sites is 1. The molecule has 0 bridgehead atoms. The summed E-state index contributed by atoms with van der Waals surface area (Å²) in [6.45, 7) is 1.85. The number of hydrogen-bond donors (Lipinski definition) is 1. The molecule has 0 atom stereocenters. The molecule has 7 nitrogen and oxygen atoms in total. The van der Waals surface area contributed by atoms with Gasteiger partial charge in [-0.25, -0.2) is 0 Å². The van der Waals surface area contributed by atoms with E-state index in [1.54, 1.807) is 36.4 Å². The van der Waals surface area contributed by atoms with Crippen LogP contribution in [0.3, 0.4) is 0 Å². The molecule has 0 saturated carbocycles. The summed E-state index contributed by atoms with van der Waals surface area (Å²) in [4.78, 5) is 22.8. The number of anilines is 1. The minimum Gasteiger partial charge on any atom is -0.457 e. The summed E-state index contributed by atoms with van der Waals surface area (Å²) < 4.78 is 5.63. The molecule has 1 N–H and O–H groups in total. The van der Waals surface area contributed by atoms with Crippen molar-refractivity contribution in [2.75, 3.05) is 5.32 Å². The molecule has 0 aliphatic rings. The van der Waals surface area contributed by atoms with Crippen molar-refractivity contribution >= 4 is 23.4 Å². The van der Waals surface area contributed by atoms with Crippen molar-refractivity contribution in [1.29, 1.82) is 5.26 Å². The number of non-ortho nitro benzene ring substituents is 1. The first-order valence-electron chi connectivity index (χ1n) is 8.31. The second kappa shape index (κ2) is 8.01. The van der Waals surface area contributed by atoms with Crippen molar-refractivity contribution in [3.63, 3.8) is 0 Å². The fourth-order valence-electron chi connectivity index (χ4n) is 2.55. The van der Waals surface area contributed by atoms with E-state index in [1.165, 1.54) is 18.2 Å². The Hall–Kier alpha value is -4.18. The Morgan fingerprint density at radius 2 is 1.96 bits per heavy atom. The molecular weight excluding hydrogens is 358 g/mol. The van der Waals surface area contributed by atoms with Crippen LogP contribution in [0.4, 0.5) is 11.4 Å². The van der Waals surface area contributed by atoms with E-state index in [2.05, 4.69) is 5.32 Å². The maximum atomic E-state index is 12.4. The number of hydrogen-bond acceptors (Lipinski definition) is 5. The molecule has 0 spiro atoms. The number of carbonyl (C=O) groups is 1. The van der Waals surface area contributed by atoms with E-state index in [0.717, 1.165) is 5.56 Å². The van der Waals surface area contributed by atoms with Gasteiger partial charge in [0.15, 0.2) is 0 Å². The summed E-state index contributed by atoms with van der Waals surface area (Å²) in [5, 5.41) is 22.9. The zero-order valence-corrected chi connectivity index (χ0v) is 14.9. The zero-order valence-electron chi connectivity index (χ0n) is 14.9. The van der Waals surface area contributed by atoms with Crippen LogP contribution in [0.2, 0.25) is 0 Å². The Labute approximate surface area is 160 Å². The van der Waals surface area contributed by atoms with E-state index >= 15 is 0 Å². The van der Waals surface area contributed by atoms with Gasteiger partial charge >= 0.3 is 0 Å². The Balaban J connectivity index is 1.83. The summed E-state index contributed by atoms with van der Waals surface area (Å²) in [5.74, 6) is 0.134. The van der Waals surface area contributed by atoms with Crippen molar-refractivity contribution < 1.29 is 14.1 Å². The van der Waals surface area contributed by atoms with Crippen LogP contribution in [0.15, 0.2) is 70.7 Å². The standard InChI is InChI=1S/C21H15N3O4/c1-14-5-2-3-8-19(14)23-21(25)16(13-22)12-18-9-10-20(28-18)15-6-4-7-17(11-15)24(26)27/h2-12H,1H3,(H,23,25)/b16-12-. The molecular formula is C21H15N3O4. The third kappa shape index (κ3) is 4.14. The molecule has 138 valence electrons. The highest BCUT2D eigenvalue weighted by atomic mass is 16.6. The monoisotopic (exact) mass is 373 g/mol. The minimum absolute atomic E-state index is 0.0543. The Morgan fingerprint density at radius 1 is 1.18 bits per heavy atom. The highest BCUT2D eigenvalue weighted by Gasteiger charge is 2.13. The van der Waals surface area contributed by atoms with Crippen LogP contribution in [-0.2, 0) is 4.79 Å². The highest BCUT2D eigenvalue weighted by Crippen LogP contribution is 2.26. The lowest BCUT2D eigenvalue weighted by Crippen LogP contribution is -2.14. The van der Waals surface area contributed by atoms with E-state index in [9.17, 15) is 20.2 Å². The van der Waals surface area contributed by atoms with Gasteiger partial charge < -0.3 is 9.73 Å². The number of rotatable bonds is 5. The van der Waals surface area contributed by atoms with E-state index < -0.39 is 10.8 Å². The molecule has 0 aliphatic heterocycles. The van der Waals surface area contributed by atoms with E-state index in [-0.39, 0.29) is 17.0 Å². The average Bonchev–Trinajstić information content (AvgIpc) is 3.16. The van der Waals surface area contributed by atoms with Crippen molar-refractivity contribution in [2.45, 2.75) is 6.92 Å². The molecule has 7 heteroatoms. The van der Waals surface area contributed by atoms with Gasteiger partial charge in [0.05, 0.1) is 4.92 Å². The molecule has 0 aliphatic carbocycles. The Morgan fingerprint density at radius 3 is 2.68 bits per heavy atom. The summed E-state index contributed by atoms with van der Waals surface area (Å²) >= 11 is 0. The predicted octanol–water partition coefficient (Wildman–Crippen LogP) is 4.71. The fourth-order valence-corrected chi connectivity index (χ4v) is 2.55. The quantitative estimate of drug-likeness (QED) is 0.301. The van der Waals surface area contributed by atoms with Gasteiger partial charge in [-0.3, -0.25) is 14.9 Å². The maximum Gasteiger partial charge on any atom is 0.270 e. The summed E-state index contributed by atoms with van der Waals surface area (Å²) in [5.41, 5.74) is 1.84. The van der Waals surface area contributed by atoms with Crippen LogP contribution < -0.4 is 5.32 Å². The number of amides is 1. The van der Waals surface area contributed by atoms with Crippen molar-refractivity contribution in [2.24, 2.45) is 0 Å². The van der Waals surface area contributed by atoms with E-state index in [0.29, 0.717) is 17.0 Å². The number of nitrogens with one attached hydrogen (secondary N) is 1. The number of nitriles is 1. The number of nitrogens with zero attached hydrogens (tertiary/aromatic N) is 2. The number of benzene rings is 2. The smallest absolute Gasteiger partial charge is 0.270 e. The molecule has 3 rings (SSSR count). The van der Waals surface area contributed by atoms with Gasteiger partial charge in [-0.1, -0.05) is 30.3 Å². The lowest BCUT2D eigenvalue weighted by Gasteiger charge is -2.06. The number of aryl methyl sites for hydroxylation is 1. The second-order valence-corrected chi connectivity index (χ2v) is 5.95. The SMILES string of the molecule is Cc1ccccc1NC(=O)/C(C#N)=C\c1ccc(-c2cccc([N+](=O)[O-])c2)o1. The number of nitro benzene ring substituents is 1. The van der Waals surface area contributed by atoms with Crippen molar-refractivity contribution in [3.8, 4) is 17.4 Å². The first kappa shape index (κ1) is 18.6. The van der Waals surface area contributed by atoms with Crippen LogP contribution >= 0.6 is 0 Å². The van der Waals surface area contributed by atoms with Crippen LogP contribution in [0.5, 0.6) is 0 Å². The first-order chi connectivity index (χ1) is 13.5. The molecule has 0 fully saturated rings. The summed E-state index contributed by atoms with van der Waals surface area (Å²) in [6, 6.07) is 18.3. The second-order valence-electron chi connectivity index (χ2n) is 5.95. The van der Waals surface area contributed by atoms with Gasteiger partial charge in [-0.05, 0) is 30.7 Å². The van der Waals surface area contributed by atoms with E-state index in [4.69, 9.17) is 4.42 Å². The van der Waals surface area contributed by atoms with Gasteiger partial charge in [-0.15, -0.1) is 0 Å². The number of nitro groups is 1. The molecule has 1 heterocycles. The molecule has 0 unspecified atom stereocenters. The van der Waals surface area contributed by atoms with E-state index in [1.807, 2.05) is 25.1 Å². The van der Waals surface area contributed by atoms with Gasteiger partial charge in [0, 0.05) is 29.5 Å².